The second-order valence-corrected chi connectivity index (χ2v) is 6.28. The normalized spacial score (nSPS) is 21.7. The van der Waals surface area contributed by atoms with Gasteiger partial charge in [0.2, 0.25) is 5.91 Å². The number of aromatic nitrogens is 1. The van der Waals surface area contributed by atoms with Crippen molar-refractivity contribution in [2.75, 3.05) is 0 Å². The number of aldehydes is 1. The Labute approximate surface area is 130 Å². The lowest BCUT2D eigenvalue weighted by Crippen LogP contribution is -2.42. The van der Waals surface area contributed by atoms with E-state index in [0.29, 0.717) is 11.5 Å². The van der Waals surface area contributed by atoms with Gasteiger partial charge in [-0.25, -0.2) is 0 Å². The van der Waals surface area contributed by atoms with E-state index in [1.54, 1.807) is 6.20 Å². The Hall–Kier alpha value is -2.10. The molecule has 1 aromatic carbocycles. The van der Waals surface area contributed by atoms with E-state index in [4.69, 9.17) is 0 Å². The van der Waals surface area contributed by atoms with Crippen LogP contribution < -0.4 is 5.32 Å². The predicted octanol–water partition coefficient (Wildman–Crippen LogP) is 3.15. The number of rotatable bonds is 4. The molecule has 1 aliphatic rings. The smallest absolute Gasteiger partial charge is 0.240 e. The van der Waals surface area contributed by atoms with Gasteiger partial charge in [-0.15, -0.1) is 0 Å². The van der Waals surface area contributed by atoms with Crippen molar-refractivity contribution in [1.29, 1.82) is 0 Å². The first kappa shape index (κ1) is 14.8. The molecule has 1 aliphatic carbocycles. The van der Waals surface area contributed by atoms with Crippen LogP contribution in [0.25, 0.3) is 10.9 Å². The van der Waals surface area contributed by atoms with E-state index in [0.717, 1.165) is 23.6 Å². The van der Waals surface area contributed by atoms with Gasteiger partial charge in [-0.2, -0.15) is 0 Å². The Morgan fingerprint density at radius 3 is 2.86 bits per heavy atom. The first-order chi connectivity index (χ1) is 10.7. The summed E-state index contributed by atoms with van der Waals surface area (Å²) < 4.78 is 1.86. The van der Waals surface area contributed by atoms with Gasteiger partial charge in [0, 0.05) is 28.7 Å². The van der Waals surface area contributed by atoms with Crippen LogP contribution in [0, 0.1) is 5.92 Å². The molecule has 1 amide bonds. The molecule has 0 unspecified atom stereocenters. The third-order valence-electron chi connectivity index (χ3n) is 4.72. The zero-order valence-corrected chi connectivity index (χ0v) is 12.9. The molecule has 0 radical (unpaired) electrons. The molecule has 1 saturated carbocycles. The van der Waals surface area contributed by atoms with Gasteiger partial charge in [0.1, 0.15) is 6.54 Å². The van der Waals surface area contributed by atoms with E-state index in [1.807, 2.05) is 28.8 Å². The van der Waals surface area contributed by atoms with Crippen molar-refractivity contribution < 1.29 is 9.59 Å². The van der Waals surface area contributed by atoms with Gasteiger partial charge in [-0.05, 0) is 24.8 Å². The largest absolute Gasteiger partial charge is 0.352 e. The van der Waals surface area contributed by atoms with Crippen LogP contribution in [0.1, 0.15) is 43.0 Å². The summed E-state index contributed by atoms with van der Waals surface area (Å²) in [5.41, 5.74) is 1.56. The maximum Gasteiger partial charge on any atom is 0.240 e. The molecule has 2 atom stereocenters. The van der Waals surface area contributed by atoms with Crippen molar-refractivity contribution in [2.45, 2.75) is 45.2 Å². The molecule has 2 aromatic rings. The summed E-state index contributed by atoms with van der Waals surface area (Å²) in [6, 6.07) is 7.97. The highest BCUT2D eigenvalue weighted by molar-refractivity contribution is 5.98. The van der Waals surface area contributed by atoms with Crippen LogP contribution >= 0.6 is 0 Å². The van der Waals surface area contributed by atoms with Crippen molar-refractivity contribution in [3.63, 3.8) is 0 Å². The molecule has 0 aliphatic heterocycles. The lowest BCUT2D eigenvalue weighted by atomic mass is 9.86. The zero-order valence-electron chi connectivity index (χ0n) is 12.9. The van der Waals surface area contributed by atoms with E-state index in [-0.39, 0.29) is 18.5 Å². The zero-order chi connectivity index (χ0) is 15.5. The maximum atomic E-state index is 12.3. The minimum atomic E-state index is 0.0250. The number of para-hydroxylation sites is 1. The number of nitrogens with zero attached hydrogens (tertiary/aromatic N) is 1. The Morgan fingerprint density at radius 1 is 1.32 bits per heavy atom. The van der Waals surface area contributed by atoms with Crippen LogP contribution in [0.5, 0.6) is 0 Å². The molecule has 0 spiro atoms. The Balaban J connectivity index is 1.75. The number of hydrogen-bond acceptors (Lipinski definition) is 2. The van der Waals surface area contributed by atoms with Crippen LogP contribution in [-0.2, 0) is 11.3 Å². The van der Waals surface area contributed by atoms with Crippen molar-refractivity contribution >= 4 is 23.1 Å². The highest BCUT2D eigenvalue weighted by atomic mass is 16.2. The quantitative estimate of drug-likeness (QED) is 0.882. The molecule has 22 heavy (non-hydrogen) atoms. The number of amides is 1. The molecular weight excluding hydrogens is 276 g/mol. The highest BCUT2D eigenvalue weighted by Gasteiger charge is 2.23. The molecule has 0 saturated heterocycles. The second-order valence-electron chi connectivity index (χ2n) is 6.28. The average Bonchev–Trinajstić information content (AvgIpc) is 2.88. The van der Waals surface area contributed by atoms with E-state index in [1.165, 1.54) is 19.3 Å². The van der Waals surface area contributed by atoms with Crippen LogP contribution in [0.3, 0.4) is 0 Å². The summed E-state index contributed by atoms with van der Waals surface area (Å²) in [4.78, 5) is 23.5. The molecule has 4 heteroatoms. The van der Waals surface area contributed by atoms with Crippen LogP contribution in [0.15, 0.2) is 30.5 Å². The molecule has 1 heterocycles. The van der Waals surface area contributed by atoms with Crippen LogP contribution in [0.2, 0.25) is 0 Å². The lowest BCUT2D eigenvalue weighted by Gasteiger charge is -2.29. The molecule has 1 aromatic heterocycles. The Bertz CT molecular complexity index is 689. The first-order valence-electron chi connectivity index (χ1n) is 8.01. The number of benzene rings is 1. The highest BCUT2D eigenvalue weighted by Crippen LogP contribution is 2.24. The number of carbonyl (C=O) groups is 2. The topological polar surface area (TPSA) is 51.1 Å². The van der Waals surface area contributed by atoms with E-state index < -0.39 is 0 Å². The lowest BCUT2D eigenvalue weighted by molar-refractivity contribution is -0.122. The monoisotopic (exact) mass is 298 g/mol. The van der Waals surface area contributed by atoms with Crippen molar-refractivity contribution in [3.8, 4) is 0 Å². The molecule has 0 bridgehead atoms. The van der Waals surface area contributed by atoms with Crippen molar-refractivity contribution in [3.05, 3.63) is 36.0 Å². The van der Waals surface area contributed by atoms with Crippen molar-refractivity contribution in [2.24, 2.45) is 5.92 Å². The van der Waals surface area contributed by atoms with Gasteiger partial charge in [0.25, 0.3) is 0 Å². The molecule has 1 N–H and O–H groups in total. The third kappa shape index (κ3) is 2.91. The molecule has 4 nitrogen and oxygen atoms in total. The summed E-state index contributed by atoms with van der Waals surface area (Å²) in [5, 5.41) is 4.06. The Kier molecular flexibility index (Phi) is 4.27. The second kappa shape index (κ2) is 6.34. The van der Waals surface area contributed by atoms with Crippen molar-refractivity contribution in [1.82, 2.24) is 9.88 Å². The fraction of sp³-hybridized carbons (Fsp3) is 0.444. The van der Waals surface area contributed by atoms with Gasteiger partial charge in [-0.1, -0.05) is 38.0 Å². The van der Waals surface area contributed by atoms with Crippen LogP contribution in [0.4, 0.5) is 0 Å². The van der Waals surface area contributed by atoms with E-state index in [2.05, 4.69) is 12.2 Å². The molecular formula is C18H22N2O2. The number of nitrogens with one attached hydrogen (secondary N) is 1. The third-order valence-corrected chi connectivity index (χ3v) is 4.72. The van der Waals surface area contributed by atoms with Gasteiger partial charge >= 0.3 is 0 Å². The van der Waals surface area contributed by atoms with Gasteiger partial charge < -0.3 is 9.88 Å². The van der Waals surface area contributed by atoms with Gasteiger partial charge in [0.15, 0.2) is 6.29 Å². The van der Waals surface area contributed by atoms with Crippen LogP contribution in [-0.4, -0.2) is 22.8 Å². The minimum absolute atomic E-state index is 0.0250. The summed E-state index contributed by atoms with van der Waals surface area (Å²) >= 11 is 0. The molecule has 116 valence electrons. The molecule has 3 rings (SSSR count). The summed E-state index contributed by atoms with van der Waals surface area (Å²) in [7, 11) is 0. The van der Waals surface area contributed by atoms with E-state index >= 15 is 0 Å². The summed E-state index contributed by atoms with van der Waals surface area (Å²) in [5.74, 6) is 0.571. The maximum absolute atomic E-state index is 12.3. The fourth-order valence-electron chi connectivity index (χ4n) is 3.44. The fourth-order valence-corrected chi connectivity index (χ4v) is 3.44. The minimum Gasteiger partial charge on any atom is -0.352 e. The number of hydrogen-bond donors (Lipinski definition) is 1. The Morgan fingerprint density at radius 2 is 2.09 bits per heavy atom. The number of carbonyl (C=O) groups excluding carboxylic acids is 2. The first-order valence-corrected chi connectivity index (χ1v) is 8.01. The predicted molar refractivity (Wildman–Crippen MR) is 86.9 cm³/mol. The van der Waals surface area contributed by atoms with Gasteiger partial charge in [0.05, 0.1) is 0 Å². The standard InChI is InChI=1S/C18H22N2O2/c1-13-6-2-4-8-16(13)19-18(22)11-20-10-14(12-21)15-7-3-5-9-17(15)20/h3,5,7,9-10,12-13,16H,2,4,6,8,11H2,1H3,(H,19,22)/t13-,16-/m1/s1. The van der Waals surface area contributed by atoms with Gasteiger partial charge in [-0.3, -0.25) is 9.59 Å². The summed E-state index contributed by atoms with van der Waals surface area (Å²) in [6.07, 6.45) is 7.32. The number of fused-ring (bicyclic) bond motifs is 1. The SMILES string of the molecule is C[C@@H]1CCCC[C@H]1NC(=O)Cn1cc(C=O)c2ccccc21. The molecule has 1 fully saturated rings. The summed E-state index contributed by atoms with van der Waals surface area (Å²) in [6.45, 7) is 2.47. The average molecular weight is 298 g/mol. The van der Waals surface area contributed by atoms with E-state index in [9.17, 15) is 9.59 Å².